The number of hydrogen-bond donors (Lipinski definition) is 2. The Morgan fingerprint density at radius 2 is 2.15 bits per heavy atom. The zero-order valence-corrected chi connectivity index (χ0v) is 12.9. The van der Waals surface area contributed by atoms with Crippen molar-refractivity contribution < 1.29 is 14.6 Å². The lowest BCUT2D eigenvalue weighted by atomic mass is 10.0. The maximum Gasteiger partial charge on any atom is 0.224 e. The number of aliphatic hydroxyl groups excluding tert-OH is 1. The van der Waals surface area contributed by atoms with Gasteiger partial charge in [-0.05, 0) is 30.5 Å². The molecule has 0 bridgehead atoms. The van der Waals surface area contributed by atoms with Gasteiger partial charge in [0.05, 0.1) is 26.2 Å². The van der Waals surface area contributed by atoms with Gasteiger partial charge >= 0.3 is 0 Å². The highest BCUT2D eigenvalue weighted by Gasteiger charge is 2.15. The average Bonchev–Trinajstić information content (AvgIpc) is 2.37. The van der Waals surface area contributed by atoms with Gasteiger partial charge in [0.2, 0.25) is 5.91 Å². The number of rotatable bonds is 7. The molecule has 2 N–H and O–H groups in total. The first-order valence-electron chi connectivity index (χ1n) is 6.68. The predicted octanol–water partition coefficient (Wildman–Crippen LogP) is 2.41. The van der Waals surface area contributed by atoms with Crippen LogP contribution < -0.4 is 10.1 Å². The summed E-state index contributed by atoms with van der Waals surface area (Å²) in [4.78, 5) is 12.0. The van der Waals surface area contributed by atoms with Crippen LogP contribution in [0, 0.1) is 5.92 Å². The molecule has 0 aromatic heterocycles. The standard InChI is InChI=1S/C15H22ClNO3/c1-10(2)6-13(9-18)17-15(19)8-11-7-12(16)4-5-14(11)20-3/h4-5,7,10,13,18H,6,8-9H2,1-3H3,(H,17,19). The highest BCUT2D eigenvalue weighted by atomic mass is 35.5. The number of benzene rings is 1. The molecule has 1 rings (SSSR count). The Balaban J connectivity index is 2.68. The molecule has 1 aromatic rings. The Bertz CT molecular complexity index is 449. The van der Waals surface area contributed by atoms with E-state index >= 15 is 0 Å². The molecule has 0 aliphatic carbocycles. The Morgan fingerprint density at radius 3 is 2.70 bits per heavy atom. The van der Waals surface area contributed by atoms with Crippen molar-refractivity contribution in [3.63, 3.8) is 0 Å². The third-order valence-corrected chi connectivity index (χ3v) is 3.17. The fraction of sp³-hybridized carbons (Fsp3) is 0.533. The highest BCUT2D eigenvalue weighted by molar-refractivity contribution is 6.30. The Hall–Kier alpha value is -1.26. The van der Waals surface area contributed by atoms with Gasteiger partial charge in [0.25, 0.3) is 0 Å². The normalized spacial score (nSPS) is 12.3. The van der Waals surface area contributed by atoms with Gasteiger partial charge in [-0.1, -0.05) is 25.4 Å². The molecule has 0 saturated heterocycles. The maximum atomic E-state index is 12.0. The van der Waals surface area contributed by atoms with Crippen LogP contribution in [0.5, 0.6) is 5.75 Å². The summed E-state index contributed by atoms with van der Waals surface area (Å²) in [5.74, 6) is 0.896. The van der Waals surface area contributed by atoms with Crippen LogP contribution >= 0.6 is 11.6 Å². The largest absolute Gasteiger partial charge is 0.496 e. The molecule has 1 aromatic carbocycles. The van der Waals surface area contributed by atoms with Gasteiger partial charge in [0.15, 0.2) is 0 Å². The molecule has 1 amide bonds. The molecular formula is C15H22ClNO3. The summed E-state index contributed by atoms with van der Waals surface area (Å²) >= 11 is 5.93. The molecule has 20 heavy (non-hydrogen) atoms. The van der Waals surface area contributed by atoms with Gasteiger partial charge in [-0.25, -0.2) is 0 Å². The number of nitrogens with one attached hydrogen (secondary N) is 1. The van der Waals surface area contributed by atoms with Crippen molar-refractivity contribution in [2.75, 3.05) is 13.7 Å². The smallest absolute Gasteiger partial charge is 0.224 e. The number of halogens is 1. The first-order chi connectivity index (χ1) is 9.46. The van der Waals surface area contributed by atoms with Gasteiger partial charge in [-0.2, -0.15) is 0 Å². The van der Waals surface area contributed by atoms with Crippen LogP contribution in [-0.4, -0.2) is 30.8 Å². The molecule has 112 valence electrons. The number of amides is 1. The number of carbonyl (C=O) groups excluding carboxylic acids is 1. The lowest BCUT2D eigenvalue weighted by molar-refractivity contribution is -0.121. The van der Waals surface area contributed by atoms with Crippen LogP contribution in [0.3, 0.4) is 0 Å². The summed E-state index contributed by atoms with van der Waals surface area (Å²) in [6.45, 7) is 4.04. The van der Waals surface area contributed by atoms with Crippen molar-refractivity contribution in [1.82, 2.24) is 5.32 Å². The SMILES string of the molecule is COc1ccc(Cl)cc1CC(=O)NC(CO)CC(C)C. The summed E-state index contributed by atoms with van der Waals surface area (Å²) in [5.41, 5.74) is 0.735. The molecule has 0 spiro atoms. The van der Waals surface area contributed by atoms with Crippen molar-refractivity contribution >= 4 is 17.5 Å². The van der Waals surface area contributed by atoms with E-state index < -0.39 is 0 Å². The molecule has 1 unspecified atom stereocenters. The van der Waals surface area contributed by atoms with E-state index in [4.69, 9.17) is 16.3 Å². The summed E-state index contributed by atoms with van der Waals surface area (Å²) in [7, 11) is 1.56. The summed E-state index contributed by atoms with van der Waals surface area (Å²) in [5, 5.41) is 12.7. The van der Waals surface area contributed by atoms with Crippen LogP contribution in [0.4, 0.5) is 0 Å². The van der Waals surface area contributed by atoms with Crippen molar-refractivity contribution in [3.8, 4) is 5.75 Å². The number of ether oxygens (including phenoxy) is 1. The quantitative estimate of drug-likeness (QED) is 0.813. The summed E-state index contributed by atoms with van der Waals surface area (Å²) in [6.07, 6.45) is 0.924. The van der Waals surface area contributed by atoms with Gasteiger partial charge < -0.3 is 15.2 Å². The zero-order chi connectivity index (χ0) is 15.1. The lowest BCUT2D eigenvalue weighted by Gasteiger charge is -2.18. The average molecular weight is 300 g/mol. The second kappa shape index (κ2) is 8.12. The molecule has 0 aliphatic rings. The third kappa shape index (κ3) is 5.39. The minimum Gasteiger partial charge on any atom is -0.496 e. The molecule has 5 heteroatoms. The molecule has 0 saturated carbocycles. The minimum atomic E-state index is -0.215. The fourth-order valence-electron chi connectivity index (χ4n) is 2.09. The molecule has 0 heterocycles. The molecule has 1 atom stereocenters. The first-order valence-corrected chi connectivity index (χ1v) is 7.06. The molecule has 0 radical (unpaired) electrons. The van der Waals surface area contributed by atoms with Gasteiger partial charge in [-0.15, -0.1) is 0 Å². The summed E-state index contributed by atoms with van der Waals surface area (Å²) in [6, 6.07) is 4.96. The van der Waals surface area contributed by atoms with E-state index in [1.807, 2.05) is 0 Å². The zero-order valence-electron chi connectivity index (χ0n) is 12.1. The Kier molecular flexibility index (Phi) is 6.82. The second-order valence-electron chi connectivity index (χ2n) is 5.21. The molecule has 0 fully saturated rings. The van der Waals surface area contributed by atoms with Gasteiger partial charge in [0, 0.05) is 10.6 Å². The molecule has 0 aliphatic heterocycles. The van der Waals surface area contributed by atoms with Crippen molar-refractivity contribution in [2.24, 2.45) is 5.92 Å². The number of hydrogen-bond acceptors (Lipinski definition) is 3. The van der Waals surface area contributed by atoms with E-state index in [0.29, 0.717) is 16.7 Å². The number of carbonyl (C=O) groups is 1. The van der Waals surface area contributed by atoms with E-state index in [-0.39, 0.29) is 25.0 Å². The Morgan fingerprint density at radius 1 is 1.45 bits per heavy atom. The first kappa shape index (κ1) is 16.8. The van der Waals surface area contributed by atoms with Crippen LogP contribution in [0.25, 0.3) is 0 Å². The van der Waals surface area contributed by atoms with Crippen LogP contribution in [0.1, 0.15) is 25.8 Å². The van der Waals surface area contributed by atoms with E-state index in [9.17, 15) is 9.90 Å². The van der Waals surface area contributed by atoms with E-state index in [1.54, 1.807) is 25.3 Å². The van der Waals surface area contributed by atoms with Crippen molar-refractivity contribution in [3.05, 3.63) is 28.8 Å². The fourth-order valence-corrected chi connectivity index (χ4v) is 2.28. The van der Waals surface area contributed by atoms with Crippen LogP contribution in [-0.2, 0) is 11.2 Å². The lowest BCUT2D eigenvalue weighted by Crippen LogP contribution is -2.39. The van der Waals surface area contributed by atoms with E-state index in [1.165, 1.54) is 0 Å². The number of aliphatic hydroxyl groups is 1. The van der Waals surface area contributed by atoms with E-state index in [0.717, 1.165) is 12.0 Å². The molecule has 4 nitrogen and oxygen atoms in total. The highest BCUT2D eigenvalue weighted by Crippen LogP contribution is 2.23. The van der Waals surface area contributed by atoms with Gasteiger partial charge in [-0.3, -0.25) is 4.79 Å². The van der Waals surface area contributed by atoms with Crippen LogP contribution in [0.2, 0.25) is 5.02 Å². The summed E-state index contributed by atoms with van der Waals surface area (Å²) < 4.78 is 5.21. The van der Waals surface area contributed by atoms with Gasteiger partial charge in [0.1, 0.15) is 5.75 Å². The Labute approximate surface area is 125 Å². The monoisotopic (exact) mass is 299 g/mol. The number of methoxy groups -OCH3 is 1. The van der Waals surface area contributed by atoms with E-state index in [2.05, 4.69) is 19.2 Å². The molecular weight excluding hydrogens is 278 g/mol. The predicted molar refractivity (Wildman–Crippen MR) is 80.2 cm³/mol. The third-order valence-electron chi connectivity index (χ3n) is 2.93. The van der Waals surface area contributed by atoms with Crippen LogP contribution in [0.15, 0.2) is 18.2 Å². The van der Waals surface area contributed by atoms with Crippen molar-refractivity contribution in [1.29, 1.82) is 0 Å². The van der Waals surface area contributed by atoms with Crippen molar-refractivity contribution in [2.45, 2.75) is 32.7 Å². The topological polar surface area (TPSA) is 58.6 Å². The maximum absolute atomic E-state index is 12.0. The second-order valence-corrected chi connectivity index (χ2v) is 5.65. The minimum absolute atomic E-state index is 0.0589.